The topological polar surface area (TPSA) is 150 Å². The highest BCUT2D eigenvalue weighted by atomic mass is 16.7. The van der Waals surface area contributed by atoms with E-state index in [9.17, 15) is 19.2 Å². The first-order valence-electron chi connectivity index (χ1n) is 13.4. The lowest BCUT2D eigenvalue weighted by molar-refractivity contribution is -0.151. The van der Waals surface area contributed by atoms with Gasteiger partial charge in [-0.2, -0.15) is 0 Å². The van der Waals surface area contributed by atoms with Crippen LogP contribution in [0.25, 0.3) is 0 Å². The van der Waals surface area contributed by atoms with E-state index < -0.39 is 23.8 Å². The maximum Gasteiger partial charge on any atom is 0.513 e. The number of benzene rings is 1. The molecule has 2 atom stereocenters. The van der Waals surface area contributed by atoms with Crippen molar-refractivity contribution in [1.82, 2.24) is 0 Å². The molecule has 0 amide bonds. The summed E-state index contributed by atoms with van der Waals surface area (Å²) in [5.41, 5.74) is 5.33. The monoisotopic (exact) mass is 553 g/mol. The number of esters is 2. The van der Waals surface area contributed by atoms with Crippen molar-refractivity contribution in [3.8, 4) is 11.5 Å². The number of unbranched alkanes of at least 4 members (excludes halogenated alkanes) is 2. The van der Waals surface area contributed by atoms with Gasteiger partial charge in [0, 0.05) is 19.3 Å². The molecule has 0 heterocycles. The smallest absolute Gasteiger partial charge is 0.468 e. The molecule has 39 heavy (non-hydrogen) atoms. The minimum absolute atomic E-state index is 0.0107. The number of rotatable bonds is 17. The maximum absolute atomic E-state index is 12.6. The second kappa shape index (κ2) is 18.0. The van der Waals surface area contributed by atoms with E-state index >= 15 is 0 Å². The Kier molecular flexibility index (Phi) is 15.6. The summed E-state index contributed by atoms with van der Waals surface area (Å²) in [6.45, 7) is 8.08. The molecule has 1 aromatic rings. The van der Waals surface area contributed by atoms with E-state index in [0.717, 1.165) is 19.3 Å². The average molecular weight is 554 g/mol. The number of carbonyl (C=O) groups is 4. The van der Waals surface area contributed by atoms with Gasteiger partial charge in [0.05, 0.1) is 26.9 Å². The van der Waals surface area contributed by atoms with Crippen molar-refractivity contribution in [1.29, 1.82) is 0 Å². The summed E-state index contributed by atoms with van der Waals surface area (Å²) in [5.74, 6) is -1.10. The largest absolute Gasteiger partial charge is 0.513 e. The molecule has 0 aliphatic rings. The number of ether oxygens (including phenoxy) is 6. The highest BCUT2D eigenvalue weighted by Gasteiger charge is 2.36. The summed E-state index contributed by atoms with van der Waals surface area (Å²) in [4.78, 5) is 49.0. The minimum Gasteiger partial charge on any atom is -0.468 e. The molecule has 11 nitrogen and oxygen atoms in total. The Labute approximate surface area is 230 Å². The first-order chi connectivity index (χ1) is 18.6. The Morgan fingerprint density at radius 3 is 2.00 bits per heavy atom. The van der Waals surface area contributed by atoms with Crippen LogP contribution in [0.1, 0.15) is 78.2 Å². The van der Waals surface area contributed by atoms with Crippen LogP contribution >= 0.6 is 0 Å². The lowest BCUT2D eigenvalue weighted by atomic mass is 9.88. The standard InChI is InChI=1S/C28H43NO10/c1-6-9-14-36-26(32)38-22-12-11-21(18-23(22)39-27(33)37-15-10-7-2)19-28(29,25(31)34-5)13-16-35-24(30)17-20(4)8-3/h11-12,18,20H,6-10,13-17,19,29H2,1-5H3/t20?,28-/m1/s1. The van der Waals surface area contributed by atoms with E-state index in [1.54, 1.807) is 6.07 Å². The van der Waals surface area contributed by atoms with Crippen molar-refractivity contribution in [2.45, 2.75) is 84.6 Å². The molecule has 0 saturated carbocycles. The summed E-state index contributed by atoms with van der Waals surface area (Å²) in [6, 6.07) is 4.37. The van der Waals surface area contributed by atoms with Gasteiger partial charge in [0.25, 0.3) is 0 Å². The van der Waals surface area contributed by atoms with Gasteiger partial charge in [-0.05, 0) is 36.5 Å². The van der Waals surface area contributed by atoms with Gasteiger partial charge in [-0.3, -0.25) is 9.59 Å². The van der Waals surface area contributed by atoms with Crippen LogP contribution in [0.15, 0.2) is 18.2 Å². The minimum atomic E-state index is -1.55. The predicted molar refractivity (Wildman–Crippen MR) is 142 cm³/mol. The SMILES string of the molecule is CCCCOC(=O)Oc1ccc(C[C@](N)(CCOC(=O)CC(C)CC)C(=O)OC)cc1OC(=O)OCCCC. The van der Waals surface area contributed by atoms with Crippen molar-refractivity contribution in [3.63, 3.8) is 0 Å². The molecule has 0 bridgehead atoms. The lowest BCUT2D eigenvalue weighted by Crippen LogP contribution is -2.51. The number of hydrogen-bond acceptors (Lipinski definition) is 11. The van der Waals surface area contributed by atoms with Gasteiger partial charge in [0.1, 0.15) is 5.54 Å². The summed E-state index contributed by atoms with van der Waals surface area (Å²) in [7, 11) is 1.21. The summed E-state index contributed by atoms with van der Waals surface area (Å²) in [5, 5.41) is 0. The van der Waals surface area contributed by atoms with E-state index in [1.165, 1.54) is 19.2 Å². The molecule has 220 valence electrons. The third-order valence-electron chi connectivity index (χ3n) is 5.97. The molecule has 0 saturated heterocycles. The highest BCUT2D eigenvalue weighted by Crippen LogP contribution is 2.31. The van der Waals surface area contributed by atoms with Crippen molar-refractivity contribution in [2.75, 3.05) is 26.9 Å². The summed E-state index contributed by atoms with van der Waals surface area (Å²) in [6.07, 6.45) is 2.08. The third-order valence-corrected chi connectivity index (χ3v) is 5.97. The molecular weight excluding hydrogens is 510 g/mol. The second-order valence-electron chi connectivity index (χ2n) is 9.40. The normalized spacial score (nSPS) is 13.0. The third kappa shape index (κ3) is 12.8. The van der Waals surface area contributed by atoms with E-state index in [1.807, 2.05) is 27.7 Å². The fourth-order valence-electron chi connectivity index (χ4n) is 3.33. The molecular formula is C28H43NO10. The molecule has 1 aromatic carbocycles. The number of nitrogens with two attached hydrogens (primary N) is 1. The van der Waals surface area contributed by atoms with Gasteiger partial charge in [-0.25, -0.2) is 9.59 Å². The van der Waals surface area contributed by atoms with Crippen molar-refractivity contribution >= 4 is 24.2 Å². The van der Waals surface area contributed by atoms with Gasteiger partial charge in [0.15, 0.2) is 11.5 Å². The number of carbonyl (C=O) groups excluding carboxylic acids is 4. The zero-order chi connectivity index (χ0) is 29.3. The maximum atomic E-state index is 12.6. The molecule has 0 spiro atoms. The molecule has 0 aliphatic carbocycles. The molecule has 0 fully saturated rings. The van der Waals surface area contributed by atoms with Gasteiger partial charge in [-0.1, -0.05) is 53.0 Å². The molecule has 1 rings (SSSR count). The van der Waals surface area contributed by atoms with Gasteiger partial charge >= 0.3 is 24.2 Å². The van der Waals surface area contributed by atoms with Crippen LogP contribution < -0.4 is 15.2 Å². The number of methoxy groups -OCH3 is 1. The molecule has 0 aliphatic heterocycles. The van der Waals surface area contributed by atoms with Crippen LogP contribution in [0.2, 0.25) is 0 Å². The Balaban J connectivity index is 3.09. The van der Waals surface area contributed by atoms with Crippen LogP contribution in [-0.2, 0) is 35.0 Å². The first kappa shape index (κ1) is 33.7. The van der Waals surface area contributed by atoms with E-state index in [0.29, 0.717) is 18.4 Å². The van der Waals surface area contributed by atoms with Gasteiger partial charge in [0.2, 0.25) is 0 Å². The summed E-state index contributed by atoms with van der Waals surface area (Å²) >= 11 is 0. The van der Waals surface area contributed by atoms with Crippen LogP contribution in [0.4, 0.5) is 9.59 Å². The zero-order valence-electron chi connectivity index (χ0n) is 23.7. The Morgan fingerprint density at radius 1 is 0.872 bits per heavy atom. The fraction of sp³-hybridized carbons (Fsp3) is 0.643. The highest BCUT2D eigenvalue weighted by molar-refractivity contribution is 5.81. The predicted octanol–water partition coefficient (Wildman–Crippen LogP) is 5.10. The quantitative estimate of drug-likeness (QED) is 0.119. The van der Waals surface area contributed by atoms with Crippen LogP contribution in [0, 0.1) is 5.92 Å². The average Bonchev–Trinajstić information content (AvgIpc) is 2.89. The lowest BCUT2D eigenvalue weighted by Gasteiger charge is -2.27. The van der Waals surface area contributed by atoms with Crippen LogP contribution in [0.5, 0.6) is 11.5 Å². The fourth-order valence-corrected chi connectivity index (χ4v) is 3.33. The Hall–Kier alpha value is -3.34. The van der Waals surface area contributed by atoms with Crippen LogP contribution in [0.3, 0.4) is 0 Å². The molecule has 2 N–H and O–H groups in total. The molecule has 0 aromatic heterocycles. The zero-order valence-corrected chi connectivity index (χ0v) is 23.7. The number of hydrogen-bond donors (Lipinski definition) is 1. The van der Waals surface area contributed by atoms with Gasteiger partial charge in [-0.15, -0.1) is 0 Å². The first-order valence-corrected chi connectivity index (χ1v) is 13.4. The van der Waals surface area contributed by atoms with Gasteiger partial charge < -0.3 is 34.2 Å². The van der Waals surface area contributed by atoms with E-state index in [4.69, 9.17) is 34.2 Å². The Morgan fingerprint density at radius 2 is 1.46 bits per heavy atom. The second-order valence-corrected chi connectivity index (χ2v) is 9.40. The van der Waals surface area contributed by atoms with Crippen LogP contribution in [-0.4, -0.2) is 56.7 Å². The van der Waals surface area contributed by atoms with E-state index in [-0.39, 0.29) is 62.5 Å². The summed E-state index contributed by atoms with van der Waals surface area (Å²) < 4.78 is 30.8. The molecule has 1 unspecified atom stereocenters. The molecule has 11 heteroatoms. The van der Waals surface area contributed by atoms with Crippen molar-refractivity contribution in [2.24, 2.45) is 11.7 Å². The van der Waals surface area contributed by atoms with Crippen molar-refractivity contribution < 1.29 is 47.6 Å². The van der Waals surface area contributed by atoms with Crippen molar-refractivity contribution in [3.05, 3.63) is 23.8 Å². The van der Waals surface area contributed by atoms with E-state index in [2.05, 4.69) is 0 Å². The Bertz CT molecular complexity index is 935. The molecule has 0 radical (unpaired) electrons.